The normalized spacial score (nSPS) is 14.4. The Morgan fingerprint density at radius 1 is 0.941 bits per heavy atom. The zero-order chi connectivity index (χ0) is 11.5. The number of hydrazine groups is 2. The van der Waals surface area contributed by atoms with Crippen LogP contribution in [0.4, 0.5) is 11.5 Å². The zero-order valence-corrected chi connectivity index (χ0v) is 9.06. The van der Waals surface area contributed by atoms with E-state index in [1.165, 1.54) is 0 Å². The molecule has 0 atom stereocenters. The number of nitrogens with zero attached hydrogens (tertiary/aromatic N) is 4. The quantitative estimate of drug-likeness (QED) is 0.846. The summed E-state index contributed by atoms with van der Waals surface area (Å²) in [6, 6.07) is 15.6. The highest BCUT2D eigenvalue weighted by atomic mass is 15.9. The standard InChI is InChI=1S/C12H11N5/c1-2-6-11(7-3-1)16-10-14-17(15-16)12-8-4-5-9-13-12/h1-10,15H. The van der Waals surface area contributed by atoms with Crippen molar-refractivity contribution in [3.05, 3.63) is 54.7 Å². The molecule has 2 aromatic rings. The highest BCUT2D eigenvalue weighted by molar-refractivity contribution is 5.80. The van der Waals surface area contributed by atoms with E-state index in [-0.39, 0.29) is 0 Å². The van der Waals surface area contributed by atoms with Gasteiger partial charge in [0.1, 0.15) is 6.34 Å². The van der Waals surface area contributed by atoms with Crippen molar-refractivity contribution in [1.82, 2.24) is 10.5 Å². The Hall–Kier alpha value is -2.40. The van der Waals surface area contributed by atoms with Crippen molar-refractivity contribution >= 4 is 17.8 Å². The van der Waals surface area contributed by atoms with E-state index in [2.05, 4.69) is 15.6 Å². The van der Waals surface area contributed by atoms with Gasteiger partial charge in [-0.1, -0.05) is 24.3 Å². The average molecular weight is 225 g/mol. The lowest BCUT2D eigenvalue weighted by atomic mass is 10.3. The van der Waals surface area contributed by atoms with Crippen LogP contribution in [0.1, 0.15) is 0 Å². The molecule has 0 amide bonds. The van der Waals surface area contributed by atoms with E-state index in [1.807, 2.05) is 53.5 Å². The van der Waals surface area contributed by atoms with Gasteiger partial charge in [0, 0.05) is 6.20 Å². The van der Waals surface area contributed by atoms with Gasteiger partial charge in [-0.15, -0.1) is 10.6 Å². The molecule has 2 heterocycles. The maximum atomic E-state index is 4.22. The summed E-state index contributed by atoms with van der Waals surface area (Å²) < 4.78 is 0. The molecular formula is C12H11N5. The minimum atomic E-state index is 0.752. The van der Waals surface area contributed by atoms with Gasteiger partial charge in [0.05, 0.1) is 5.69 Å². The van der Waals surface area contributed by atoms with E-state index in [9.17, 15) is 0 Å². The van der Waals surface area contributed by atoms with Gasteiger partial charge in [-0.25, -0.2) is 9.99 Å². The number of hydrogen-bond acceptors (Lipinski definition) is 5. The van der Waals surface area contributed by atoms with Crippen LogP contribution in [-0.2, 0) is 0 Å². The molecule has 1 aromatic heterocycles. The molecule has 5 heteroatoms. The van der Waals surface area contributed by atoms with Gasteiger partial charge in [-0.3, -0.25) is 0 Å². The second-order valence-corrected chi connectivity index (χ2v) is 3.54. The van der Waals surface area contributed by atoms with E-state index in [4.69, 9.17) is 0 Å². The maximum Gasteiger partial charge on any atom is 0.168 e. The monoisotopic (exact) mass is 225 g/mol. The number of rotatable bonds is 2. The predicted octanol–water partition coefficient (Wildman–Crippen LogP) is 1.77. The third-order valence-corrected chi connectivity index (χ3v) is 2.39. The second-order valence-electron chi connectivity index (χ2n) is 3.54. The Kier molecular flexibility index (Phi) is 2.44. The van der Waals surface area contributed by atoms with Crippen molar-refractivity contribution in [1.29, 1.82) is 0 Å². The number of nitrogens with one attached hydrogen (secondary N) is 1. The first kappa shape index (κ1) is 9.80. The maximum absolute atomic E-state index is 4.22. The second kappa shape index (κ2) is 4.23. The van der Waals surface area contributed by atoms with Crippen LogP contribution in [0.5, 0.6) is 0 Å². The number of para-hydroxylation sites is 1. The number of hydrazone groups is 1. The van der Waals surface area contributed by atoms with Crippen molar-refractivity contribution in [3.8, 4) is 0 Å². The van der Waals surface area contributed by atoms with E-state index in [0.717, 1.165) is 11.5 Å². The molecule has 0 aliphatic carbocycles. The molecule has 84 valence electrons. The van der Waals surface area contributed by atoms with Crippen LogP contribution in [0, 0.1) is 0 Å². The lowest BCUT2D eigenvalue weighted by molar-refractivity contribution is 0.708. The zero-order valence-electron chi connectivity index (χ0n) is 9.06. The summed E-state index contributed by atoms with van der Waals surface area (Å²) in [4.78, 5) is 4.21. The van der Waals surface area contributed by atoms with E-state index >= 15 is 0 Å². The molecule has 0 bridgehead atoms. The minimum Gasteiger partial charge on any atom is -0.245 e. The Labute approximate surface area is 98.9 Å². The molecule has 0 fully saturated rings. The molecule has 1 aliphatic rings. The Morgan fingerprint density at radius 3 is 2.53 bits per heavy atom. The summed E-state index contributed by atoms with van der Waals surface area (Å²) in [6.45, 7) is 0. The Balaban J connectivity index is 1.78. The minimum absolute atomic E-state index is 0.752. The molecule has 1 N–H and O–H groups in total. The molecule has 0 unspecified atom stereocenters. The summed E-state index contributed by atoms with van der Waals surface area (Å²) >= 11 is 0. The van der Waals surface area contributed by atoms with E-state index in [0.29, 0.717) is 0 Å². The third-order valence-electron chi connectivity index (χ3n) is 2.39. The summed E-state index contributed by atoms with van der Waals surface area (Å²) in [7, 11) is 0. The largest absolute Gasteiger partial charge is 0.245 e. The van der Waals surface area contributed by atoms with Crippen LogP contribution in [0.2, 0.25) is 0 Å². The molecule has 5 nitrogen and oxygen atoms in total. The number of anilines is 2. The van der Waals surface area contributed by atoms with Crippen LogP contribution in [0.15, 0.2) is 59.8 Å². The summed E-state index contributed by atoms with van der Waals surface area (Å²) in [5.41, 5.74) is 4.13. The van der Waals surface area contributed by atoms with E-state index in [1.54, 1.807) is 17.7 Å². The molecule has 0 saturated heterocycles. The Morgan fingerprint density at radius 2 is 1.76 bits per heavy atom. The molecule has 1 aromatic carbocycles. The molecule has 3 rings (SSSR count). The molecular weight excluding hydrogens is 214 g/mol. The lowest BCUT2D eigenvalue weighted by Crippen LogP contribution is -2.40. The van der Waals surface area contributed by atoms with Crippen molar-refractivity contribution < 1.29 is 0 Å². The van der Waals surface area contributed by atoms with Crippen molar-refractivity contribution in [2.45, 2.75) is 0 Å². The SMILES string of the molecule is C1=NN(c2ccccn2)NN1c1ccccc1. The fourth-order valence-electron chi connectivity index (χ4n) is 1.56. The first-order chi connectivity index (χ1) is 8.43. The van der Waals surface area contributed by atoms with Crippen LogP contribution in [0.25, 0.3) is 0 Å². The highest BCUT2D eigenvalue weighted by Crippen LogP contribution is 2.15. The van der Waals surface area contributed by atoms with Gasteiger partial charge in [0.15, 0.2) is 5.82 Å². The molecule has 0 saturated carbocycles. The van der Waals surface area contributed by atoms with E-state index < -0.39 is 0 Å². The first-order valence-electron chi connectivity index (χ1n) is 5.29. The number of pyridine rings is 1. The molecule has 0 radical (unpaired) electrons. The average Bonchev–Trinajstić information content (AvgIpc) is 2.90. The van der Waals surface area contributed by atoms with Crippen molar-refractivity contribution in [2.75, 3.05) is 10.1 Å². The number of aromatic nitrogens is 1. The van der Waals surface area contributed by atoms with Gasteiger partial charge in [-0.05, 0) is 24.3 Å². The van der Waals surface area contributed by atoms with Gasteiger partial charge in [0.25, 0.3) is 0 Å². The fraction of sp³-hybridized carbons (Fsp3) is 0. The van der Waals surface area contributed by atoms with Crippen LogP contribution in [-0.4, -0.2) is 11.3 Å². The predicted molar refractivity (Wildman–Crippen MR) is 67.3 cm³/mol. The summed E-state index contributed by atoms with van der Waals surface area (Å²) in [6.07, 6.45) is 3.45. The van der Waals surface area contributed by atoms with Crippen LogP contribution < -0.4 is 15.7 Å². The highest BCUT2D eigenvalue weighted by Gasteiger charge is 2.16. The third kappa shape index (κ3) is 1.95. The first-order valence-corrected chi connectivity index (χ1v) is 5.29. The summed E-state index contributed by atoms with van der Waals surface area (Å²) in [5.74, 6) is 0.752. The smallest absolute Gasteiger partial charge is 0.168 e. The van der Waals surface area contributed by atoms with Crippen LogP contribution in [0.3, 0.4) is 0 Å². The van der Waals surface area contributed by atoms with Gasteiger partial charge in [0.2, 0.25) is 0 Å². The Bertz CT molecular complexity index is 463. The molecule has 1 aliphatic heterocycles. The van der Waals surface area contributed by atoms with Crippen molar-refractivity contribution in [2.24, 2.45) is 5.10 Å². The molecule has 17 heavy (non-hydrogen) atoms. The number of hydrogen-bond donors (Lipinski definition) is 1. The van der Waals surface area contributed by atoms with Gasteiger partial charge in [-0.2, -0.15) is 5.12 Å². The number of benzene rings is 1. The topological polar surface area (TPSA) is 43.8 Å². The molecule has 0 spiro atoms. The van der Waals surface area contributed by atoms with Crippen molar-refractivity contribution in [3.63, 3.8) is 0 Å². The van der Waals surface area contributed by atoms with Gasteiger partial charge < -0.3 is 0 Å². The summed E-state index contributed by atoms with van der Waals surface area (Å²) in [5, 5.41) is 7.67. The van der Waals surface area contributed by atoms with Gasteiger partial charge >= 0.3 is 0 Å². The van der Waals surface area contributed by atoms with Crippen LogP contribution >= 0.6 is 0 Å². The fourth-order valence-corrected chi connectivity index (χ4v) is 1.56. The lowest BCUT2D eigenvalue weighted by Gasteiger charge is -2.18.